The van der Waals surface area contributed by atoms with Crippen molar-refractivity contribution < 1.29 is 0 Å². The van der Waals surface area contributed by atoms with Crippen LogP contribution in [0.3, 0.4) is 0 Å². The molecular formula is C31H31N5. The molecular weight excluding hydrogens is 442 g/mol. The van der Waals surface area contributed by atoms with Crippen molar-refractivity contribution in [2.45, 2.75) is 50.6 Å². The number of aromatic nitrogens is 1. The second-order valence-corrected chi connectivity index (χ2v) is 10.4. The molecule has 0 unspecified atom stereocenters. The fourth-order valence-electron chi connectivity index (χ4n) is 5.97. The zero-order valence-corrected chi connectivity index (χ0v) is 20.5. The lowest BCUT2D eigenvalue weighted by Gasteiger charge is -2.12. The molecule has 0 radical (unpaired) electrons. The first-order valence-corrected chi connectivity index (χ1v) is 13.3. The lowest BCUT2D eigenvalue weighted by Crippen LogP contribution is -2.29. The van der Waals surface area contributed by atoms with Crippen molar-refractivity contribution in [3.63, 3.8) is 0 Å². The highest BCUT2D eigenvalue weighted by Gasteiger charge is 2.25. The van der Waals surface area contributed by atoms with Crippen LogP contribution in [0.25, 0.3) is 33.0 Å². The monoisotopic (exact) mass is 473 g/mol. The van der Waals surface area contributed by atoms with Crippen LogP contribution in [-0.4, -0.2) is 41.6 Å². The number of pyridine rings is 1. The Morgan fingerprint density at radius 2 is 1.28 bits per heavy atom. The Labute approximate surface area is 212 Å². The van der Waals surface area contributed by atoms with Crippen LogP contribution >= 0.6 is 0 Å². The smallest absolute Gasteiger partial charge is 0.0687 e. The normalized spacial score (nSPS) is 23.7. The van der Waals surface area contributed by atoms with E-state index in [1.54, 1.807) is 0 Å². The van der Waals surface area contributed by atoms with E-state index >= 15 is 0 Å². The van der Waals surface area contributed by atoms with Crippen LogP contribution in [0, 0.1) is 0 Å². The maximum absolute atomic E-state index is 4.80. The van der Waals surface area contributed by atoms with Gasteiger partial charge in [0, 0.05) is 65.9 Å². The molecule has 1 aromatic heterocycles. The molecule has 2 atom stereocenters. The van der Waals surface area contributed by atoms with Crippen molar-refractivity contribution in [3.8, 4) is 11.1 Å². The number of hydrogen-bond acceptors (Lipinski definition) is 5. The number of allylic oxidation sites excluding steroid dienone is 2. The second-order valence-electron chi connectivity index (χ2n) is 10.4. The Morgan fingerprint density at radius 3 is 1.97 bits per heavy atom. The molecule has 3 aromatic rings. The van der Waals surface area contributed by atoms with Crippen molar-refractivity contribution in [2.24, 2.45) is 9.98 Å². The van der Waals surface area contributed by atoms with E-state index in [1.807, 2.05) is 12.4 Å². The van der Waals surface area contributed by atoms with E-state index in [9.17, 15) is 0 Å². The van der Waals surface area contributed by atoms with Crippen LogP contribution < -0.4 is 10.6 Å². The van der Waals surface area contributed by atoms with Crippen molar-refractivity contribution >= 4 is 33.3 Å². The molecule has 0 spiro atoms. The van der Waals surface area contributed by atoms with Crippen LogP contribution in [0.5, 0.6) is 0 Å². The summed E-state index contributed by atoms with van der Waals surface area (Å²) >= 11 is 0. The van der Waals surface area contributed by atoms with Gasteiger partial charge < -0.3 is 10.6 Å². The highest BCUT2D eigenvalue weighted by Crippen LogP contribution is 2.31. The average molecular weight is 474 g/mol. The maximum atomic E-state index is 4.80. The number of fused-ring (bicyclic) bond motifs is 1. The van der Waals surface area contributed by atoms with Gasteiger partial charge in [0.25, 0.3) is 0 Å². The van der Waals surface area contributed by atoms with Gasteiger partial charge in [-0.3, -0.25) is 15.0 Å². The standard InChI is InChI=1S/C31H31N5/c1-3-27(32-11-1)30-15-25(18-35-30)21-7-5-20(6-8-21)22-9-10-23-14-29(34-17-24(23)13-22)26-16-31(36-19-26)28-4-2-12-33-28/h5-10,13-14,17-19,27-28,32-33H,1-4,11-12,15-16H2/t27-,28-/m0/s1. The minimum Gasteiger partial charge on any atom is -0.309 e. The van der Waals surface area contributed by atoms with E-state index in [2.05, 4.69) is 65.4 Å². The summed E-state index contributed by atoms with van der Waals surface area (Å²) in [6.45, 7) is 2.21. The molecule has 36 heavy (non-hydrogen) atoms. The lowest BCUT2D eigenvalue weighted by atomic mass is 9.96. The van der Waals surface area contributed by atoms with Crippen LogP contribution in [0.2, 0.25) is 0 Å². The van der Waals surface area contributed by atoms with Crippen molar-refractivity contribution in [3.05, 3.63) is 78.4 Å². The Bertz CT molecular complexity index is 1430. The molecule has 2 aromatic carbocycles. The zero-order chi connectivity index (χ0) is 23.9. The van der Waals surface area contributed by atoms with Gasteiger partial charge in [-0.15, -0.1) is 0 Å². The number of aliphatic imine (C=N–C) groups is 2. The van der Waals surface area contributed by atoms with Crippen LogP contribution in [0.15, 0.2) is 77.1 Å². The van der Waals surface area contributed by atoms with Gasteiger partial charge in [-0.1, -0.05) is 36.4 Å². The van der Waals surface area contributed by atoms with Crippen LogP contribution in [-0.2, 0) is 0 Å². The van der Waals surface area contributed by atoms with Gasteiger partial charge >= 0.3 is 0 Å². The van der Waals surface area contributed by atoms with Gasteiger partial charge in [0.2, 0.25) is 0 Å². The van der Waals surface area contributed by atoms with E-state index < -0.39 is 0 Å². The van der Waals surface area contributed by atoms with Gasteiger partial charge in [-0.25, -0.2) is 0 Å². The molecule has 0 bridgehead atoms. The van der Waals surface area contributed by atoms with E-state index in [0.717, 1.165) is 37.0 Å². The highest BCUT2D eigenvalue weighted by molar-refractivity contribution is 6.03. The predicted molar refractivity (Wildman–Crippen MR) is 149 cm³/mol. The number of hydrogen-bond donors (Lipinski definition) is 2. The SMILES string of the molecule is C1=C(c2ccc(-c3ccc4cc(C5=CN=C([C@@H]6CCCN6)C5)ncc4c3)cc2)CC([C@@H]2CCCN2)=N1. The summed E-state index contributed by atoms with van der Waals surface area (Å²) in [6, 6.07) is 18.7. The molecule has 4 aliphatic rings. The van der Waals surface area contributed by atoms with E-state index in [1.165, 1.54) is 70.3 Å². The molecule has 5 nitrogen and oxygen atoms in total. The lowest BCUT2D eigenvalue weighted by molar-refractivity contribution is 0.756. The second kappa shape index (κ2) is 9.23. The molecule has 0 aliphatic carbocycles. The maximum Gasteiger partial charge on any atom is 0.0687 e. The summed E-state index contributed by atoms with van der Waals surface area (Å²) < 4.78 is 0. The Balaban J connectivity index is 1.05. The van der Waals surface area contributed by atoms with Crippen molar-refractivity contribution in [2.75, 3.05) is 13.1 Å². The minimum absolute atomic E-state index is 0.442. The number of nitrogens with one attached hydrogen (secondary N) is 2. The van der Waals surface area contributed by atoms with E-state index in [4.69, 9.17) is 15.0 Å². The van der Waals surface area contributed by atoms with Crippen LogP contribution in [0.1, 0.15) is 49.8 Å². The molecule has 0 saturated carbocycles. The fourth-order valence-corrected chi connectivity index (χ4v) is 5.97. The fraction of sp³-hybridized carbons (Fsp3) is 0.323. The largest absolute Gasteiger partial charge is 0.309 e. The minimum atomic E-state index is 0.442. The first kappa shape index (κ1) is 21.8. The van der Waals surface area contributed by atoms with Gasteiger partial charge in [0.1, 0.15) is 0 Å². The van der Waals surface area contributed by atoms with Gasteiger partial charge in [0.05, 0.1) is 5.69 Å². The van der Waals surface area contributed by atoms with E-state index in [0.29, 0.717) is 12.1 Å². The summed E-state index contributed by atoms with van der Waals surface area (Å²) in [6.07, 6.45) is 12.8. The molecule has 7 rings (SSSR count). The van der Waals surface area contributed by atoms with Gasteiger partial charge in [-0.2, -0.15) is 0 Å². The molecule has 5 heterocycles. The number of nitrogens with zero attached hydrogens (tertiary/aromatic N) is 3. The third-order valence-electron chi connectivity index (χ3n) is 8.08. The number of benzene rings is 2. The Kier molecular flexibility index (Phi) is 5.60. The topological polar surface area (TPSA) is 61.7 Å². The molecule has 5 heteroatoms. The molecule has 0 amide bonds. The number of rotatable bonds is 5. The Hall–Kier alpha value is -3.41. The molecule has 2 N–H and O–H groups in total. The molecule has 4 aliphatic heterocycles. The summed E-state index contributed by atoms with van der Waals surface area (Å²) in [5.74, 6) is 0. The average Bonchev–Trinajstić information content (AvgIpc) is 3.75. The first-order valence-electron chi connectivity index (χ1n) is 13.3. The highest BCUT2D eigenvalue weighted by atomic mass is 15.0. The quantitative estimate of drug-likeness (QED) is 0.494. The van der Waals surface area contributed by atoms with Gasteiger partial charge in [0.15, 0.2) is 0 Å². The van der Waals surface area contributed by atoms with Crippen molar-refractivity contribution in [1.29, 1.82) is 0 Å². The summed E-state index contributed by atoms with van der Waals surface area (Å²) in [7, 11) is 0. The molecule has 2 saturated heterocycles. The van der Waals surface area contributed by atoms with Crippen molar-refractivity contribution in [1.82, 2.24) is 15.6 Å². The summed E-state index contributed by atoms with van der Waals surface area (Å²) in [5, 5.41) is 9.51. The molecule has 180 valence electrons. The summed E-state index contributed by atoms with van der Waals surface area (Å²) in [5.41, 5.74) is 9.83. The third-order valence-corrected chi connectivity index (χ3v) is 8.08. The predicted octanol–water partition coefficient (Wildman–Crippen LogP) is 5.78. The van der Waals surface area contributed by atoms with E-state index in [-0.39, 0.29) is 0 Å². The molecule has 2 fully saturated rings. The van der Waals surface area contributed by atoms with Gasteiger partial charge in [-0.05, 0) is 78.6 Å². The first-order chi connectivity index (χ1) is 17.8. The Morgan fingerprint density at radius 1 is 0.639 bits per heavy atom. The third kappa shape index (κ3) is 4.12. The zero-order valence-electron chi connectivity index (χ0n) is 20.5. The van der Waals surface area contributed by atoms with Crippen LogP contribution in [0.4, 0.5) is 0 Å². The summed E-state index contributed by atoms with van der Waals surface area (Å²) in [4.78, 5) is 14.2.